The van der Waals surface area contributed by atoms with Crippen LogP contribution < -0.4 is 10.2 Å². The van der Waals surface area contributed by atoms with Crippen LogP contribution in [0.2, 0.25) is 0 Å². The van der Waals surface area contributed by atoms with Crippen molar-refractivity contribution in [3.8, 4) is 5.88 Å². The van der Waals surface area contributed by atoms with E-state index in [1.165, 1.54) is 19.2 Å². The Kier molecular flexibility index (Phi) is 3.40. The van der Waals surface area contributed by atoms with E-state index in [0.717, 1.165) is 0 Å². The molecule has 1 aromatic rings. The van der Waals surface area contributed by atoms with Crippen LogP contribution in [-0.4, -0.2) is 36.1 Å². The zero-order chi connectivity index (χ0) is 11.4. The van der Waals surface area contributed by atoms with E-state index in [4.69, 9.17) is 4.74 Å². The van der Waals surface area contributed by atoms with E-state index in [1.807, 2.05) is 0 Å². The monoisotopic (exact) mass is 212 g/mol. The van der Waals surface area contributed by atoms with Gasteiger partial charge >= 0.3 is 5.69 Å². The van der Waals surface area contributed by atoms with Gasteiger partial charge in [-0.25, -0.2) is 5.01 Å². The molecule has 0 atom stereocenters. The van der Waals surface area contributed by atoms with Gasteiger partial charge in [0.1, 0.15) is 0 Å². The van der Waals surface area contributed by atoms with Crippen LogP contribution in [0.1, 0.15) is 0 Å². The van der Waals surface area contributed by atoms with E-state index in [9.17, 15) is 10.1 Å². The van der Waals surface area contributed by atoms with Gasteiger partial charge < -0.3 is 4.74 Å². The van der Waals surface area contributed by atoms with E-state index in [0.29, 0.717) is 5.88 Å². The largest absolute Gasteiger partial charge is 0.481 e. The number of pyridine rings is 1. The smallest absolute Gasteiger partial charge is 0.312 e. The van der Waals surface area contributed by atoms with Gasteiger partial charge in [0.15, 0.2) is 0 Å². The number of methoxy groups -OCH3 is 1. The molecule has 0 aliphatic carbocycles. The second-order valence-corrected chi connectivity index (χ2v) is 2.98. The van der Waals surface area contributed by atoms with Crippen LogP contribution in [0.4, 0.5) is 11.5 Å². The van der Waals surface area contributed by atoms with Crippen LogP contribution >= 0.6 is 0 Å². The number of hydrogen-bond acceptors (Lipinski definition) is 6. The molecule has 1 N–H and O–H groups in total. The summed E-state index contributed by atoms with van der Waals surface area (Å²) in [5.74, 6) is 0.481. The number of aromatic nitrogens is 1. The number of nitrogens with zero attached hydrogens (tertiary/aromatic N) is 3. The molecule has 1 rings (SSSR count). The summed E-state index contributed by atoms with van der Waals surface area (Å²) in [6.07, 6.45) is 0. The third-order valence-electron chi connectivity index (χ3n) is 1.58. The summed E-state index contributed by atoms with van der Waals surface area (Å²) in [5.41, 5.74) is 2.64. The molecule has 0 amide bonds. The molecule has 7 heteroatoms. The Labute approximate surface area is 86.8 Å². The van der Waals surface area contributed by atoms with Crippen molar-refractivity contribution < 1.29 is 9.66 Å². The van der Waals surface area contributed by atoms with Crippen molar-refractivity contribution in [2.75, 3.05) is 26.6 Å². The van der Waals surface area contributed by atoms with E-state index in [2.05, 4.69) is 10.4 Å². The van der Waals surface area contributed by atoms with Gasteiger partial charge in [0.25, 0.3) is 0 Å². The molecule has 0 aliphatic rings. The first-order chi connectivity index (χ1) is 7.04. The number of anilines is 1. The molecule has 0 spiro atoms. The zero-order valence-corrected chi connectivity index (χ0v) is 8.72. The maximum absolute atomic E-state index is 10.7. The molecule has 0 saturated heterocycles. The highest BCUT2D eigenvalue weighted by Crippen LogP contribution is 2.24. The Bertz CT molecular complexity index is 367. The maximum atomic E-state index is 10.7. The molecule has 1 heterocycles. The standard InChI is InChI=1S/C8H12N4O3/c1-11(2)10-8-6(12(13)14)4-5-7(9-8)15-3/h4-5H,1-3H3,(H,9,10). The molecule has 1 aromatic heterocycles. The Morgan fingerprint density at radius 2 is 2.20 bits per heavy atom. The summed E-state index contributed by atoms with van der Waals surface area (Å²) >= 11 is 0. The minimum atomic E-state index is -0.502. The average molecular weight is 212 g/mol. The molecular weight excluding hydrogens is 200 g/mol. The zero-order valence-electron chi connectivity index (χ0n) is 8.72. The second kappa shape index (κ2) is 4.56. The maximum Gasteiger partial charge on any atom is 0.312 e. The first-order valence-electron chi connectivity index (χ1n) is 4.18. The van der Waals surface area contributed by atoms with E-state index in [-0.39, 0.29) is 11.5 Å². The van der Waals surface area contributed by atoms with Gasteiger partial charge in [0, 0.05) is 26.2 Å². The normalized spacial score (nSPS) is 10.1. The van der Waals surface area contributed by atoms with Gasteiger partial charge in [-0.1, -0.05) is 0 Å². The van der Waals surface area contributed by atoms with Gasteiger partial charge in [-0.15, -0.1) is 0 Å². The molecule has 15 heavy (non-hydrogen) atoms. The summed E-state index contributed by atoms with van der Waals surface area (Å²) in [6.45, 7) is 0. The van der Waals surface area contributed by atoms with Crippen LogP contribution in [-0.2, 0) is 0 Å². The molecule has 7 nitrogen and oxygen atoms in total. The van der Waals surface area contributed by atoms with E-state index < -0.39 is 4.92 Å². The van der Waals surface area contributed by atoms with Crippen LogP contribution in [0.15, 0.2) is 12.1 Å². The second-order valence-electron chi connectivity index (χ2n) is 2.98. The third kappa shape index (κ3) is 2.78. The molecule has 0 bridgehead atoms. The Balaban J connectivity index is 3.10. The number of hydrogen-bond donors (Lipinski definition) is 1. The van der Waals surface area contributed by atoms with Gasteiger partial charge in [0.05, 0.1) is 12.0 Å². The lowest BCUT2D eigenvalue weighted by atomic mass is 10.4. The highest BCUT2D eigenvalue weighted by Gasteiger charge is 2.16. The van der Waals surface area contributed by atoms with Crippen LogP contribution in [0.25, 0.3) is 0 Å². The Morgan fingerprint density at radius 1 is 1.53 bits per heavy atom. The fourth-order valence-corrected chi connectivity index (χ4v) is 0.989. The Morgan fingerprint density at radius 3 is 2.67 bits per heavy atom. The van der Waals surface area contributed by atoms with E-state index >= 15 is 0 Å². The molecule has 0 saturated carbocycles. The number of rotatable bonds is 4. The lowest BCUT2D eigenvalue weighted by Gasteiger charge is -2.12. The summed E-state index contributed by atoms with van der Waals surface area (Å²) in [7, 11) is 4.88. The highest BCUT2D eigenvalue weighted by atomic mass is 16.6. The average Bonchev–Trinajstić information content (AvgIpc) is 2.16. The van der Waals surface area contributed by atoms with Crippen molar-refractivity contribution >= 4 is 11.5 Å². The molecule has 0 unspecified atom stereocenters. The topological polar surface area (TPSA) is 80.5 Å². The van der Waals surface area contributed by atoms with Crippen molar-refractivity contribution in [1.82, 2.24) is 9.99 Å². The fraction of sp³-hybridized carbons (Fsp3) is 0.375. The van der Waals surface area contributed by atoms with Crippen molar-refractivity contribution in [2.24, 2.45) is 0 Å². The molecule has 0 aromatic carbocycles. The van der Waals surface area contributed by atoms with Gasteiger partial charge in [-0.3, -0.25) is 15.5 Å². The molecule has 0 fully saturated rings. The third-order valence-corrected chi connectivity index (χ3v) is 1.58. The first-order valence-corrected chi connectivity index (χ1v) is 4.18. The van der Waals surface area contributed by atoms with Gasteiger partial charge in [-0.05, 0) is 0 Å². The van der Waals surface area contributed by atoms with Crippen LogP contribution in [0.5, 0.6) is 5.88 Å². The summed E-state index contributed by atoms with van der Waals surface area (Å²) in [6, 6.07) is 2.79. The molecule has 0 radical (unpaired) electrons. The predicted octanol–water partition coefficient (Wildman–Crippen LogP) is 0.887. The molecule has 82 valence electrons. The SMILES string of the molecule is COc1ccc([N+](=O)[O-])c(NN(C)C)n1. The van der Waals surface area contributed by atoms with Gasteiger partial charge in [0.2, 0.25) is 11.7 Å². The van der Waals surface area contributed by atoms with Crippen molar-refractivity contribution in [3.63, 3.8) is 0 Å². The summed E-state index contributed by atoms with van der Waals surface area (Å²) in [5, 5.41) is 12.2. The van der Waals surface area contributed by atoms with E-state index in [1.54, 1.807) is 19.1 Å². The lowest BCUT2D eigenvalue weighted by molar-refractivity contribution is -0.384. The minimum absolute atomic E-state index is 0.0931. The number of nitrogens with one attached hydrogen (secondary N) is 1. The number of hydrazine groups is 1. The minimum Gasteiger partial charge on any atom is -0.481 e. The first kappa shape index (κ1) is 11.2. The highest BCUT2D eigenvalue weighted by molar-refractivity contribution is 5.56. The van der Waals surface area contributed by atoms with Gasteiger partial charge in [-0.2, -0.15) is 4.98 Å². The van der Waals surface area contributed by atoms with Crippen LogP contribution in [0.3, 0.4) is 0 Å². The molecular formula is C8H12N4O3. The quantitative estimate of drug-likeness (QED) is 0.589. The van der Waals surface area contributed by atoms with Crippen molar-refractivity contribution in [2.45, 2.75) is 0 Å². The Hall–Kier alpha value is -1.89. The lowest BCUT2D eigenvalue weighted by Crippen LogP contribution is -2.21. The van der Waals surface area contributed by atoms with Crippen LogP contribution in [0, 0.1) is 10.1 Å². The number of ether oxygens (including phenoxy) is 1. The predicted molar refractivity (Wildman–Crippen MR) is 54.8 cm³/mol. The van der Waals surface area contributed by atoms with Crippen molar-refractivity contribution in [1.29, 1.82) is 0 Å². The van der Waals surface area contributed by atoms with Crippen molar-refractivity contribution in [3.05, 3.63) is 22.2 Å². The fourth-order valence-electron chi connectivity index (χ4n) is 0.989. The summed E-state index contributed by atoms with van der Waals surface area (Å²) < 4.78 is 4.88. The number of nitro groups is 1. The summed E-state index contributed by atoms with van der Waals surface area (Å²) in [4.78, 5) is 14.1. The molecule has 0 aliphatic heterocycles.